The molecule has 1 aromatic rings. The van der Waals surface area contributed by atoms with Crippen LogP contribution < -0.4 is 10.1 Å². The van der Waals surface area contributed by atoms with E-state index in [0.29, 0.717) is 12.6 Å². The lowest BCUT2D eigenvalue weighted by molar-refractivity contribution is 0.270. The molecule has 1 rings (SSSR count). The van der Waals surface area contributed by atoms with Gasteiger partial charge in [0.05, 0.1) is 6.61 Å². The molecule has 2 nitrogen and oxygen atoms in total. The summed E-state index contributed by atoms with van der Waals surface area (Å²) in [7, 11) is 2.00. The van der Waals surface area contributed by atoms with E-state index in [4.69, 9.17) is 4.74 Å². The Morgan fingerprint density at radius 3 is 2.38 bits per heavy atom. The van der Waals surface area contributed by atoms with Gasteiger partial charge in [-0.15, -0.1) is 0 Å². The number of hydrogen-bond acceptors (Lipinski definition) is 2. The van der Waals surface area contributed by atoms with E-state index in [9.17, 15) is 0 Å². The van der Waals surface area contributed by atoms with Crippen molar-refractivity contribution in [3.8, 4) is 5.75 Å². The van der Waals surface area contributed by atoms with Gasteiger partial charge >= 0.3 is 0 Å². The maximum Gasteiger partial charge on any atom is 0.124 e. The molecule has 16 heavy (non-hydrogen) atoms. The van der Waals surface area contributed by atoms with Crippen LogP contribution in [0.15, 0.2) is 24.3 Å². The Morgan fingerprint density at radius 1 is 1.25 bits per heavy atom. The van der Waals surface area contributed by atoms with Crippen molar-refractivity contribution in [1.82, 2.24) is 5.32 Å². The fourth-order valence-corrected chi connectivity index (χ4v) is 2.06. The molecule has 0 spiro atoms. The molecule has 0 radical (unpaired) electrons. The van der Waals surface area contributed by atoms with Crippen molar-refractivity contribution < 1.29 is 4.74 Å². The maximum absolute atomic E-state index is 5.67. The lowest BCUT2D eigenvalue weighted by Crippen LogP contribution is -2.30. The molecule has 1 unspecified atom stereocenters. The van der Waals surface area contributed by atoms with Crippen LogP contribution in [0.3, 0.4) is 0 Å². The highest BCUT2D eigenvalue weighted by Gasteiger charge is 2.26. The fraction of sp³-hybridized carbons (Fsp3) is 0.571. The van der Waals surface area contributed by atoms with Gasteiger partial charge in [0.2, 0.25) is 0 Å². The molecule has 0 saturated heterocycles. The van der Waals surface area contributed by atoms with Gasteiger partial charge in [-0.25, -0.2) is 0 Å². The van der Waals surface area contributed by atoms with Crippen molar-refractivity contribution in [2.45, 2.75) is 33.7 Å². The minimum absolute atomic E-state index is 0.169. The summed E-state index contributed by atoms with van der Waals surface area (Å²) in [5, 5.41) is 3.38. The number of nitrogens with one attached hydrogen (secondary N) is 1. The second-order valence-electron chi connectivity index (χ2n) is 5.06. The first kappa shape index (κ1) is 13.0. The van der Waals surface area contributed by atoms with Gasteiger partial charge < -0.3 is 10.1 Å². The summed E-state index contributed by atoms with van der Waals surface area (Å²) in [4.78, 5) is 0. The molecule has 90 valence electrons. The fourth-order valence-electron chi connectivity index (χ4n) is 2.06. The standard InChI is InChI=1S/C14H23NO/c1-6-16-12-10-8-7-9-11(12)13(15-5)14(2,3)4/h7-10,13,15H,6H2,1-5H3. The summed E-state index contributed by atoms with van der Waals surface area (Å²) in [5.41, 5.74) is 1.40. The molecule has 0 aliphatic heterocycles. The van der Waals surface area contributed by atoms with Gasteiger partial charge in [0.15, 0.2) is 0 Å². The molecule has 0 amide bonds. The third-order valence-corrected chi connectivity index (χ3v) is 2.68. The third kappa shape index (κ3) is 2.99. The lowest BCUT2D eigenvalue weighted by atomic mass is 9.82. The Kier molecular flexibility index (Phi) is 4.36. The van der Waals surface area contributed by atoms with Crippen LogP contribution in [0.2, 0.25) is 0 Å². The molecule has 0 aliphatic rings. The molecule has 1 atom stereocenters. The Bertz CT molecular complexity index is 328. The summed E-state index contributed by atoms with van der Waals surface area (Å²) in [5.74, 6) is 0.985. The first-order valence-corrected chi connectivity index (χ1v) is 5.89. The highest BCUT2D eigenvalue weighted by Crippen LogP contribution is 2.36. The van der Waals surface area contributed by atoms with Crippen molar-refractivity contribution >= 4 is 0 Å². The predicted octanol–water partition coefficient (Wildman–Crippen LogP) is 3.39. The number of para-hydroxylation sites is 1. The van der Waals surface area contributed by atoms with Crippen LogP contribution in [0.4, 0.5) is 0 Å². The van der Waals surface area contributed by atoms with Crippen molar-refractivity contribution in [2.24, 2.45) is 5.41 Å². The maximum atomic E-state index is 5.67. The number of hydrogen-bond donors (Lipinski definition) is 1. The molecule has 2 heteroatoms. The Balaban J connectivity index is 3.09. The molecule has 0 saturated carbocycles. The summed E-state index contributed by atoms with van der Waals surface area (Å²) < 4.78 is 5.67. The van der Waals surface area contributed by atoms with Gasteiger partial charge in [-0.2, -0.15) is 0 Å². The molecule has 0 aromatic heterocycles. The summed E-state index contributed by atoms with van der Waals surface area (Å²) in [6.07, 6.45) is 0. The highest BCUT2D eigenvalue weighted by atomic mass is 16.5. The zero-order chi connectivity index (χ0) is 12.2. The molecule has 1 N–H and O–H groups in total. The van der Waals surface area contributed by atoms with Crippen LogP contribution in [-0.4, -0.2) is 13.7 Å². The normalized spacial score (nSPS) is 13.6. The molecular formula is C14H23NO. The van der Waals surface area contributed by atoms with Gasteiger partial charge in [-0.1, -0.05) is 39.0 Å². The number of benzene rings is 1. The first-order valence-electron chi connectivity index (χ1n) is 5.89. The lowest BCUT2D eigenvalue weighted by Gasteiger charge is -2.31. The van der Waals surface area contributed by atoms with E-state index in [2.05, 4.69) is 38.2 Å². The van der Waals surface area contributed by atoms with Crippen molar-refractivity contribution in [3.05, 3.63) is 29.8 Å². The Hall–Kier alpha value is -1.02. The number of ether oxygens (including phenoxy) is 1. The molecule has 0 heterocycles. The van der Waals surface area contributed by atoms with Crippen LogP contribution >= 0.6 is 0 Å². The zero-order valence-electron chi connectivity index (χ0n) is 11.0. The first-order chi connectivity index (χ1) is 7.50. The van der Waals surface area contributed by atoms with Crippen LogP contribution in [0.5, 0.6) is 5.75 Å². The minimum Gasteiger partial charge on any atom is -0.494 e. The van der Waals surface area contributed by atoms with Gasteiger partial charge in [0.25, 0.3) is 0 Å². The second kappa shape index (κ2) is 5.35. The largest absolute Gasteiger partial charge is 0.494 e. The third-order valence-electron chi connectivity index (χ3n) is 2.68. The smallest absolute Gasteiger partial charge is 0.124 e. The molecule has 0 aliphatic carbocycles. The average Bonchev–Trinajstić information content (AvgIpc) is 2.20. The monoisotopic (exact) mass is 221 g/mol. The minimum atomic E-state index is 0.169. The van der Waals surface area contributed by atoms with Crippen molar-refractivity contribution in [2.75, 3.05) is 13.7 Å². The van der Waals surface area contributed by atoms with Crippen LogP contribution in [0, 0.1) is 5.41 Å². The van der Waals surface area contributed by atoms with E-state index in [1.807, 2.05) is 26.1 Å². The van der Waals surface area contributed by atoms with Crippen molar-refractivity contribution in [1.29, 1.82) is 0 Å². The topological polar surface area (TPSA) is 21.3 Å². The highest BCUT2D eigenvalue weighted by molar-refractivity contribution is 5.36. The van der Waals surface area contributed by atoms with Gasteiger partial charge in [0, 0.05) is 11.6 Å². The van der Waals surface area contributed by atoms with Crippen LogP contribution in [0.25, 0.3) is 0 Å². The predicted molar refractivity (Wildman–Crippen MR) is 68.9 cm³/mol. The zero-order valence-corrected chi connectivity index (χ0v) is 11.0. The Morgan fingerprint density at radius 2 is 1.88 bits per heavy atom. The van der Waals surface area contributed by atoms with Crippen molar-refractivity contribution in [3.63, 3.8) is 0 Å². The SMILES string of the molecule is CCOc1ccccc1C(NC)C(C)(C)C. The van der Waals surface area contributed by atoms with E-state index >= 15 is 0 Å². The van der Waals surface area contributed by atoms with E-state index in [0.717, 1.165) is 5.75 Å². The van der Waals surface area contributed by atoms with Gasteiger partial charge in [-0.05, 0) is 25.5 Å². The summed E-state index contributed by atoms with van der Waals surface area (Å²) >= 11 is 0. The average molecular weight is 221 g/mol. The van der Waals surface area contributed by atoms with Gasteiger partial charge in [-0.3, -0.25) is 0 Å². The molecular weight excluding hydrogens is 198 g/mol. The Labute approximate surface area is 99.0 Å². The quantitative estimate of drug-likeness (QED) is 0.841. The van der Waals surface area contributed by atoms with E-state index in [1.54, 1.807) is 0 Å². The molecule has 1 aromatic carbocycles. The second-order valence-corrected chi connectivity index (χ2v) is 5.06. The van der Waals surface area contributed by atoms with E-state index in [-0.39, 0.29) is 5.41 Å². The van der Waals surface area contributed by atoms with E-state index in [1.165, 1.54) is 5.56 Å². The van der Waals surface area contributed by atoms with Crippen LogP contribution in [0.1, 0.15) is 39.3 Å². The molecule has 0 fully saturated rings. The van der Waals surface area contributed by atoms with Crippen LogP contribution in [-0.2, 0) is 0 Å². The van der Waals surface area contributed by atoms with Gasteiger partial charge in [0.1, 0.15) is 5.75 Å². The molecule has 0 bridgehead atoms. The summed E-state index contributed by atoms with van der Waals surface area (Å²) in [6, 6.07) is 8.56. The van der Waals surface area contributed by atoms with E-state index < -0.39 is 0 Å². The summed E-state index contributed by atoms with van der Waals surface area (Å²) in [6.45, 7) is 9.42. The number of rotatable bonds is 4.